The minimum atomic E-state index is -4.43. The van der Waals surface area contributed by atoms with E-state index in [4.69, 9.17) is 11.3 Å². The van der Waals surface area contributed by atoms with E-state index in [2.05, 4.69) is 25.0 Å². The van der Waals surface area contributed by atoms with Crippen LogP contribution in [0.15, 0.2) is 41.2 Å². The molecule has 13 heteroatoms. The molecule has 1 amide bonds. The fraction of sp³-hybridized carbons (Fsp3) is 0.423. The van der Waals surface area contributed by atoms with Crippen LogP contribution in [0.3, 0.4) is 0 Å². The monoisotopic (exact) mass is 543 g/mol. The summed E-state index contributed by atoms with van der Waals surface area (Å²) in [7, 11) is 2.83. The Bertz CT molecular complexity index is 1470. The summed E-state index contributed by atoms with van der Waals surface area (Å²) in [6.45, 7) is 12.1. The molecule has 1 fully saturated rings. The molecule has 3 atom stereocenters. The number of piperazine rings is 1. The Kier molecular flexibility index (Phi) is 7.78. The van der Waals surface area contributed by atoms with Gasteiger partial charge in [0.15, 0.2) is 5.82 Å². The second-order valence-corrected chi connectivity index (χ2v) is 9.45. The number of methoxy groups -OCH3 is 1. The van der Waals surface area contributed by atoms with Crippen molar-refractivity contribution in [2.45, 2.75) is 38.1 Å². The molecule has 0 saturated carbocycles. The summed E-state index contributed by atoms with van der Waals surface area (Å²) >= 11 is 0. The van der Waals surface area contributed by atoms with E-state index in [-0.39, 0.29) is 30.5 Å². The van der Waals surface area contributed by atoms with Crippen molar-refractivity contribution in [2.24, 2.45) is 7.05 Å². The second-order valence-electron chi connectivity index (χ2n) is 9.45. The molecule has 1 N–H and O–H groups in total. The van der Waals surface area contributed by atoms with Gasteiger partial charge in [0.05, 0.1) is 18.2 Å². The highest BCUT2D eigenvalue weighted by Crippen LogP contribution is 2.34. The summed E-state index contributed by atoms with van der Waals surface area (Å²) < 4.78 is 45.4. The molecule has 0 radical (unpaired) electrons. The molecular weight excluding hydrogens is 515 g/mol. The molecule has 3 heterocycles. The number of amides is 1. The molecule has 1 aliphatic heterocycles. The highest BCUT2D eigenvalue weighted by atomic mass is 19.4. The number of alkyl carbamates (subject to hydrolysis) is 1. The third-order valence-corrected chi connectivity index (χ3v) is 7.08. The fourth-order valence-corrected chi connectivity index (χ4v) is 4.89. The van der Waals surface area contributed by atoms with Crippen LogP contribution in [-0.2, 0) is 18.0 Å². The predicted octanol–water partition coefficient (Wildman–Crippen LogP) is 3.89. The largest absolute Gasteiger partial charge is 0.453 e. The number of alkyl halides is 3. The van der Waals surface area contributed by atoms with Crippen LogP contribution in [0.2, 0.25) is 0 Å². The smallest absolute Gasteiger partial charge is 0.416 e. The number of hydrogen-bond donors (Lipinski definition) is 1. The number of hydrogen-bond acceptors (Lipinski definition) is 7. The van der Waals surface area contributed by atoms with E-state index >= 15 is 0 Å². The molecule has 1 unspecified atom stereocenters. The average molecular weight is 544 g/mol. The molecule has 1 aromatic carbocycles. The van der Waals surface area contributed by atoms with Gasteiger partial charge in [-0.15, -0.1) is 4.98 Å². The minimum absolute atomic E-state index is 0.162. The standard InChI is InChI=1S/C26H28F3N7O3/c1-15-13-36(16(2)17-6-8-18(9-7-17)26(27,28)29)19(12-31-25(38)39-5)14-35(15)23-22-20(34(4)24(37)33-23)10-11-21(30-3)32-22/h6-11,15-16,19H,12-14H2,1-2,4-5H3,(H,31,38)/t15-,16?,19+/m0/s1. The number of fused-ring (bicyclic) bond motifs is 1. The zero-order valence-corrected chi connectivity index (χ0v) is 21.9. The first kappa shape index (κ1) is 27.8. The van der Waals surface area contributed by atoms with Gasteiger partial charge in [-0.3, -0.25) is 9.47 Å². The lowest BCUT2D eigenvalue weighted by Gasteiger charge is -2.48. The summed E-state index contributed by atoms with van der Waals surface area (Å²) in [4.78, 5) is 40.8. The summed E-state index contributed by atoms with van der Waals surface area (Å²) in [6, 6.07) is 7.41. The Morgan fingerprint density at radius 1 is 1.21 bits per heavy atom. The molecule has 0 bridgehead atoms. The van der Waals surface area contributed by atoms with Crippen molar-refractivity contribution < 1.29 is 22.7 Å². The number of ether oxygens (including phenoxy) is 1. The van der Waals surface area contributed by atoms with E-state index in [1.807, 2.05) is 18.7 Å². The van der Waals surface area contributed by atoms with E-state index in [0.29, 0.717) is 35.5 Å². The lowest BCUT2D eigenvalue weighted by Crippen LogP contribution is -2.61. The topological polar surface area (TPSA) is 97.0 Å². The Morgan fingerprint density at radius 3 is 2.51 bits per heavy atom. The van der Waals surface area contributed by atoms with E-state index in [0.717, 1.165) is 12.1 Å². The van der Waals surface area contributed by atoms with Crippen molar-refractivity contribution >= 4 is 28.8 Å². The molecule has 206 valence electrons. The van der Waals surface area contributed by atoms with Gasteiger partial charge in [0, 0.05) is 44.8 Å². The number of carbonyl (C=O) groups is 1. The molecule has 3 aromatic rings. The Labute approximate surface area is 222 Å². The molecule has 1 aliphatic rings. The van der Waals surface area contributed by atoms with Gasteiger partial charge in [-0.1, -0.05) is 18.7 Å². The second kappa shape index (κ2) is 10.9. The fourth-order valence-electron chi connectivity index (χ4n) is 4.89. The lowest BCUT2D eigenvalue weighted by atomic mass is 9.99. The van der Waals surface area contributed by atoms with Crippen molar-refractivity contribution in [1.29, 1.82) is 0 Å². The summed E-state index contributed by atoms with van der Waals surface area (Å²) in [5.41, 5.74) is 0.408. The van der Waals surface area contributed by atoms with Crippen LogP contribution >= 0.6 is 0 Å². The molecule has 1 saturated heterocycles. The molecule has 4 rings (SSSR count). The molecular formula is C26H28F3N7O3. The number of anilines is 1. The summed E-state index contributed by atoms with van der Waals surface area (Å²) in [5, 5.41) is 2.71. The van der Waals surface area contributed by atoms with Crippen LogP contribution in [0.1, 0.15) is 31.0 Å². The van der Waals surface area contributed by atoms with E-state index in [9.17, 15) is 22.8 Å². The van der Waals surface area contributed by atoms with Crippen molar-refractivity contribution in [1.82, 2.24) is 24.8 Å². The molecule has 39 heavy (non-hydrogen) atoms. The van der Waals surface area contributed by atoms with Crippen LogP contribution < -0.4 is 15.9 Å². The highest BCUT2D eigenvalue weighted by Gasteiger charge is 2.37. The van der Waals surface area contributed by atoms with Crippen LogP contribution in [0.4, 0.5) is 29.6 Å². The first-order valence-corrected chi connectivity index (χ1v) is 12.2. The van der Waals surface area contributed by atoms with Crippen LogP contribution in [0.5, 0.6) is 0 Å². The molecule has 0 aliphatic carbocycles. The maximum Gasteiger partial charge on any atom is 0.416 e. The quantitative estimate of drug-likeness (QED) is 0.488. The number of pyridine rings is 1. The average Bonchev–Trinajstić information content (AvgIpc) is 2.92. The van der Waals surface area contributed by atoms with Crippen LogP contribution in [-0.4, -0.2) is 64.4 Å². The van der Waals surface area contributed by atoms with Crippen LogP contribution in [0.25, 0.3) is 15.9 Å². The third kappa shape index (κ3) is 5.65. The van der Waals surface area contributed by atoms with Crippen molar-refractivity contribution in [3.8, 4) is 0 Å². The van der Waals surface area contributed by atoms with Gasteiger partial charge in [0.1, 0.15) is 0 Å². The van der Waals surface area contributed by atoms with Gasteiger partial charge in [-0.05, 0) is 43.7 Å². The number of carbonyl (C=O) groups excluding carboxylic acids is 1. The van der Waals surface area contributed by atoms with Crippen LogP contribution in [0, 0.1) is 6.57 Å². The number of aromatic nitrogens is 3. The first-order valence-electron chi connectivity index (χ1n) is 12.2. The summed E-state index contributed by atoms with van der Waals surface area (Å²) in [6.07, 6.45) is -5.05. The normalized spacial score (nSPS) is 19.0. The number of aryl methyl sites for hydroxylation is 1. The zero-order valence-electron chi connectivity index (χ0n) is 21.9. The maximum atomic E-state index is 13.1. The Balaban J connectivity index is 1.71. The third-order valence-electron chi connectivity index (χ3n) is 7.08. The molecule has 10 nitrogen and oxygen atoms in total. The number of benzene rings is 1. The van der Waals surface area contributed by atoms with Gasteiger partial charge < -0.3 is 19.8 Å². The van der Waals surface area contributed by atoms with E-state index in [1.54, 1.807) is 13.1 Å². The number of nitrogens with one attached hydrogen (secondary N) is 1. The number of nitrogens with zero attached hydrogens (tertiary/aromatic N) is 6. The Hall–Kier alpha value is -4.18. The SMILES string of the molecule is [C-]#[N+]c1ccc2c(n1)c(N1C[C@@H](CNC(=O)OC)N(C(C)c3ccc(C(F)(F)F)cc3)C[C@@H]1C)nc(=O)n2C. The molecule has 2 aromatic heterocycles. The minimum Gasteiger partial charge on any atom is -0.453 e. The van der Waals surface area contributed by atoms with Gasteiger partial charge in [-0.25, -0.2) is 9.59 Å². The van der Waals surface area contributed by atoms with Crippen molar-refractivity contribution in [2.75, 3.05) is 31.6 Å². The zero-order chi connectivity index (χ0) is 28.5. The lowest BCUT2D eigenvalue weighted by molar-refractivity contribution is -0.137. The van der Waals surface area contributed by atoms with E-state index < -0.39 is 23.5 Å². The van der Waals surface area contributed by atoms with Gasteiger partial charge in [-0.2, -0.15) is 18.2 Å². The van der Waals surface area contributed by atoms with E-state index in [1.165, 1.54) is 29.9 Å². The summed E-state index contributed by atoms with van der Waals surface area (Å²) in [5.74, 6) is 0.492. The highest BCUT2D eigenvalue weighted by molar-refractivity contribution is 5.87. The first-order chi connectivity index (χ1) is 18.4. The molecule has 0 spiro atoms. The van der Waals surface area contributed by atoms with Crippen molar-refractivity contribution in [3.63, 3.8) is 0 Å². The van der Waals surface area contributed by atoms with Gasteiger partial charge >= 0.3 is 18.0 Å². The van der Waals surface area contributed by atoms with Gasteiger partial charge in [0.25, 0.3) is 5.82 Å². The maximum absolute atomic E-state index is 13.1. The Morgan fingerprint density at radius 2 is 1.90 bits per heavy atom. The van der Waals surface area contributed by atoms with Crippen molar-refractivity contribution in [3.05, 3.63) is 69.4 Å². The predicted molar refractivity (Wildman–Crippen MR) is 139 cm³/mol. The number of rotatable bonds is 5. The number of halogens is 3. The van der Waals surface area contributed by atoms with Gasteiger partial charge in [0.2, 0.25) is 5.52 Å².